The highest BCUT2D eigenvalue weighted by molar-refractivity contribution is 6.06. The molecule has 0 aliphatic carbocycles. The molecule has 2 nitrogen and oxygen atoms in total. The second-order valence-corrected chi connectivity index (χ2v) is 18.9. The molecule has 0 atom stereocenters. The molecule has 0 spiro atoms. The van der Waals surface area contributed by atoms with Crippen LogP contribution < -0.4 is 4.90 Å². The van der Waals surface area contributed by atoms with Crippen LogP contribution >= 0.6 is 0 Å². The molecular formula is C74H55NO. The van der Waals surface area contributed by atoms with E-state index in [-0.39, 0.29) is 0 Å². The van der Waals surface area contributed by atoms with E-state index in [9.17, 15) is 0 Å². The average molecular weight is 974 g/mol. The van der Waals surface area contributed by atoms with Gasteiger partial charge in [-0.15, -0.1) is 0 Å². The maximum absolute atomic E-state index is 6.15. The Kier molecular flexibility index (Phi) is 13.3. The number of fused-ring (bicyclic) bond motifs is 3. The third-order valence-corrected chi connectivity index (χ3v) is 14.3. The predicted octanol–water partition coefficient (Wildman–Crippen LogP) is 21.4. The number of benzene rings is 12. The van der Waals surface area contributed by atoms with Crippen molar-refractivity contribution < 1.29 is 4.42 Å². The fourth-order valence-electron chi connectivity index (χ4n) is 10.4. The van der Waals surface area contributed by atoms with Gasteiger partial charge in [-0.05, 0) is 174 Å². The third kappa shape index (κ3) is 9.76. The summed E-state index contributed by atoms with van der Waals surface area (Å²) in [6.07, 6.45) is 0. The number of rotatable bonds is 11. The van der Waals surface area contributed by atoms with Gasteiger partial charge in [0, 0.05) is 27.8 Å². The van der Waals surface area contributed by atoms with Crippen molar-refractivity contribution in [3.8, 4) is 89.0 Å². The van der Waals surface area contributed by atoms with Crippen molar-refractivity contribution in [3.63, 3.8) is 0 Å². The minimum Gasteiger partial charge on any atom is -0.456 e. The maximum Gasteiger partial charge on any atom is 0.135 e. The first-order valence-corrected chi connectivity index (χ1v) is 26.3. The highest BCUT2D eigenvalue weighted by atomic mass is 16.3. The Labute approximate surface area is 446 Å². The minimum absolute atomic E-state index is 0.903. The van der Waals surface area contributed by atoms with Crippen molar-refractivity contribution in [2.45, 2.75) is 13.8 Å². The molecule has 12 aromatic carbocycles. The van der Waals surface area contributed by atoms with Gasteiger partial charge in [-0.25, -0.2) is 0 Å². The number of hydrogen-bond acceptors (Lipinski definition) is 2. The quantitative estimate of drug-likeness (QED) is 0.128. The molecule has 0 aliphatic rings. The van der Waals surface area contributed by atoms with Crippen molar-refractivity contribution in [2.24, 2.45) is 0 Å². The van der Waals surface area contributed by atoms with Crippen LogP contribution in [0.3, 0.4) is 0 Å². The van der Waals surface area contributed by atoms with Crippen LogP contribution in [-0.2, 0) is 0 Å². The zero-order valence-corrected chi connectivity index (χ0v) is 42.6. The Morgan fingerprint density at radius 1 is 0.197 bits per heavy atom. The molecule has 0 saturated carbocycles. The van der Waals surface area contributed by atoms with E-state index in [0.717, 1.165) is 72.4 Å². The summed E-state index contributed by atoms with van der Waals surface area (Å²) >= 11 is 0. The van der Waals surface area contributed by atoms with Crippen molar-refractivity contribution in [2.75, 3.05) is 4.90 Å². The first kappa shape index (κ1) is 47.3. The second kappa shape index (κ2) is 21.4. The summed E-state index contributed by atoms with van der Waals surface area (Å²) in [6, 6.07) is 107. The first-order valence-electron chi connectivity index (χ1n) is 26.3. The van der Waals surface area contributed by atoms with Crippen LogP contribution in [0.1, 0.15) is 13.8 Å². The van der Waals surface area contributed by atoms with Crippen LogP contribution in [0.25, 0.3) is 111 Å². The Bertz CT molecular complexity index is 3930. The molecule has 362 valence electrons. The van der Waals surface area contributed by atoms with Crippen molar-refractivity contribution in [1.29, 1.82) is 0 Å². The summed E-state index contributed by atoms with van der Waals surface area (Å²) in [5.74, 6) is 0. The van der Waals surface area contributed by atoms with E-state index in [2.05, 4.69) is 290 Å². The van der Waals surface area contributed by atoms with Crippen LogP contribution in [0.2, 0.25) is 0 Å². The van der Waals surface area contributed by atoms with Gasteiger partial charge >= 0.3 is 0 Å². The van der Waals surface area contributed by atoms with Crippen molar-refractivity contribution in [3.05, 3.63) is 297 Å². The van der Waals surface area contributed by atoms with Gasteiger partial charge in [-0.1, -0.05) is 226 Å². The number of hydrogen-bond donors (Lipinski definition) is 0. The lowest BCUT2D eigenvalue weighted by Gasteiger charge is -2.26. The lowest BCUT2D eigenvalue weighted by atomic mass is 9.96. The number of nitrogens with zero attached hydrogens (tertiary/aromatic N) is 1. The molecule has 2 heteroatoms. The fourth-order valence-corrected chi connectivity index (χ4v) is 10.4. The molecule has 0 amide bonds. The standard InChI is InChI=1S/C72H49NO.C2H6/c1-3-14-50(15-4-1)55-18-9-23-60(44-55)62-25-11-20-57(46-62)52-30-37-66(38-31-52)73(67-39-32-53(33-40-67)58-21-12-26-63(47-58)61-24-10-19-56(45-61)51-16-5-2-6-17-51)68-41-34-54(35-42-68)59-22-13-27-64(48-59)65-36-43-72-70(49-65)69-28-7-8-29-71(69)74-72;1-2/h1-49H;1-2H3. The maximum atomic E-state index is 6.15. The smallest absolute Gasteiger partial charge is 0.135 e. The summed E-state index contributed by atoms with van der Waals surface area (Å²) in [5, 5.41) is 2.26. The molecule has 1 aromatic heterocycles. The van der Waals surface area contributed by atoms with Gasteiger partial charge < -0.3 is 9.32 Å². The van der Waals surface area contributed by atoms with Crippen molar-refractivity contribution >= 4 is 39.0 Å². The molecule has 13 aromatic rings. The van der Waals surface area contributed by atoms with E-state index in [0.29, 0.717) is 0 Å². The minimum atomic E-state index is 0.903. The van der Waals surface area contributed by atoms with E-state index in [1.807, 2.05) is 26.0 Å². The van der Waals surface area contributed by atoms with Gasteiger partial charge in [0.2, 0.25) is 0 Å². The van der Waals surface area contributed by atoms with E-state index in [4.69, 9.17) is 4.42 Å². The van der Waals surface area contributed by atoms with Crippen LogP contribution in [0.15, 0.2) is 302 Å². The van der Waals surface area contributed by atoms with Gasteiger partial charge in [-0.3, -0.25) is 0 Å². The largest absolute Gasteiger partial charge is 0.456 e. The Hall–Kier alpha value is -9.76. The Morgan fingerprint density at radius 3 is 0.803 bits per heavy atom. The van der Waals surface area contributed by atoms with Gasteiger partial charge in [0.25, 0.3) is 0 Å². The topological polar surface area (TPSA) is 16.4 Å². The lowest BCUT2D eigenvalue weighted by Crippen LogP contribution is -2.09. The molecule has 0 saturated heterocycles. The highest BCUT2D eigenvalue weighted by Gasteiger charge is 2.16. The van der Waals surface area contributed by atoms with Crippen LogP contribution in [0.5, 0.6) is 0 Å². The summed E-state index contributed by atoms with van der Waals surface area (Å²) in [4.78, 5) is 2.36. The molecule has 0 N–H and O–H groups in total. The number of anilines is 3. The SMILES string of the molecule is CC.c1ccc(-c2cccc(-c3cccc(-c4ccc(N(c5ccc(-c6cccc(-c7cccc(-c8ccccc8)c7)c6)cc5)c5ccc(-c6cccc(-c7ccc8oc9ccccc9c8c7)c6)cc5)cc4)c3)c2)cc1. The number of para-hydroxylation sites is 1. The normalized spacial score (nSPS) is 11.0. The van der Waals surface area contributed by atoms with Gasteiger partial charge in [-0.2, -0.15) is 0 Å². The van der Waals surface area contributed by atoms with Crippen LogP contribution in [-0.4, -0.2) is 0 Å². The molecule has 0 fully saturated rings. The summed E-state index contributed by atoms with van der Waals surface area (Å²) in [6.45, 7) is 4.00. The average Bonchev–Trinajstić information content (AvgIpc) is 3.90. The molecule has 13 rings (SSSR count). The highest BCUT2D eigenvalue weighted by Crippen LogP contribution is 2.40. The number of furan rings is 1. The van der Waals surface area contributed by atoms with E-state index >= 15 is 0 Å². The summed E-state index contributed by atoms with van der Waals surface area (Å²) in [7, 11) is 0. The molecule has 1 heterocycles. The van der Waals surface area contributed by atoms with Crippen LogP contribution in [0.4, 0.5) is 17.1 Å². The lowest BCUT2D eigenvalue weighted by molar-refractivity contribution is 0.669. The molecule has 0 aliphatic heterocycles. The zero-order valence-electron chi connectivity index (χ0n) is 42.6. The summed E-state index contributed by atoms with van der Waals surface area (Å²) < 4.78 is 6.15. The third-order valence-electron chi connectivity index (χ3n) is 14.3. The molecular weight excluding hydrogens is 919 g/mol. The first-order chi connectivity index (χ1) is 37.6. The zero-order chi connectivity index (χ0) is 51.2. The van der Waals surface area contributed by atoms with E-state index in [1.54, 1.807) is 0 Å². The second-order valence-electron chi connectivity index (χ2n) is 18.9. The molecule has 0 unspecified atom stereocenters. The van der Waals surface area contributed by atoms with E-state index in [1.165, 1.54) is 55.6 Å². The van der Waals surface area contributed by atoms with Gasteiger partial charge in [0.1, 0.15) is 11.2 Å². The van der Waals surface area contributed by atoms with Crippen LogP contribution in [0, 0.1) is 0 Å². The molecule has 76 heavy (non-hydrogen) atoms. The Morgan fingerprint density at radius 2 is 0.447 bits per heavy atom. The van der Waals surface area contributed by atoms with Gasteiger partial charge in [0.05, 0.1) is 0 Å². The van der Waals surface area contributed by atoms with E-state index < -0.39 is 0 Å². The fraction of sp³-hybridized carbons (Fsp3) is 0.0270. The molecule has 0 bridgehead atoms. The van der Waals surface area contributed by atoms with Gasteiger partial charge in [0.15, 0.2) is 0 Å². The Balaban J connectivity index is 0.00000288. The monoisotopic (exact) mass is 973 g/mol. The predicted molar refractivity (Wildman–Crippen MR) is 323 cm³/mol. The molecule has 0 radical (unpaired) electrons. The van der Waals surface area contributed by atoms with Crippen molar-refractivity contribution in [1.82, 2.24) is 0 Å². The summed E-state index contributed by atoms with van der Waals surface area (Å²) in [5.41, 5.74) is 24.0.